The molecule has 1 saturated carbocycles. The molecule has 0 bridgehead atoms. The van der Waals surface area contributed by atoms with E-state index in [2.05, 4.69) is 12.2 Å². The van der Waals surface area contributed by atoms with Crippen LogP contribution in [0.4, 0.5) is 0 Å². The molecule has 2 N–H and O–H groups in total. The maximum Gasteiger partial charge on any atom is 0.0615 e. The van der Waals surface area contributed by atoms with E-state index in [4.69, 9.17) is 4.74 Å². The minimum atomic E-state index is 0.321. The Bertz CT molecular complexity index is 152. The molecule has 1 aliphatic rings. The van der Waals surface area contributed by atoms with Crippen molar-refractivity contribution in [3.8, 4) is 0 Å². The van der Waals surface area contributed by atoms with Gasteiger partial charge in [-0.1, -0.05) is 13.3 Å². The zero-order chi connectivity index (χ0) is 10.4. The predicted octanol–water partition coefficient (Wildman–Crippen LogP) is 1.16. The molecule has 0 saturated heterocycles. The van der Waals surface area contributed by atoms with E-state index in [9.17, 15) is 5.11 Å². The molecule has 1 fully saturated rings. The van der Waals surface area contributed by atoms with Crippen LogP contribution in [0.3, 0.4) is 0 Å². The lowest BCUT2D eigenvalue weighted by atomic mass is 10.0. The first kappa shape index (κ1) is 12.0. The van der Waals surface area contributed by atoms with E-state index < -0.39 is 0 Å². The summed E-state index contributed by atoms with van der Waals surface area (Å²) in [7, 11) is 1.74. The summed E-state index contributed by atoms with van der Waals surface area (Å²) in [6.45, 7) is 3.26. The predicted molar refractivity (Wildman–Crippen MR) is 57.3 cm³/mol. The second-order valence-electron chi connectivity index (χ2n) is 4.21. The number of methoxy groups -OCH3 is 1. The molecule has 0 spiro atoms. The topological polar surface area (TPSA) is 41.5 Å². The van der Waals surface area contributed by atoms with E-state index in [1.165, 1.54) is 12.8 Å². The van der Waals surface area contributed by atoms with Gasteiger partial charge in [0.15, 0.2) is 0 Å². The summed E-state index contributed by atoms with van der Waals surface area (Å²) >= 11 is 0. The highest BCUT2D eigenvalue weighted by Crippen LogP contribution is 2.25. The molecule has 3 heteroatoms. The Kier molecular flexibility index (Phi) is 5.45. The number of hydrogen-bond acceptors (Lipinski definition) is 3. The number of ether oxygens (including phenoxy) is 1. The van der Waals surface area contributed by atoms with E-state index >= 15 is 0 Å². The molecule has 0 amide bonds. The fourth-order valence-electron chi connectivity index (χ4n) is 2.26. The van der Waals surface area contributed by atoms with Gasteiger partial charge in [-0.15, -0.1) is 0 Å². The van der Waals surface area contributed by atoms with Crippen molar-refractivity contribution in [2.45, 2.75) is 44.7 Å². The largest absolute Gasteiger partial charge is 0.396 e. The van der Waals surface area contributed by atoms with Crippen LogP contribution in [0, 0.1) is 5.92 Å². The van der Waals surface area contributed by atoms with Gasteiger partial charge in [0.1, 0.15) is 0 Å². The summed E-state index contributed by atoms with van der Waals surface area (Å²) in [5.74, 6) is 0.459. The number of aliphatic hydroxyl groups is 1. The lowest BCUT2D eigenvalue weighted by Gasteiger charge is -2.25. The van der Waals surface area contributed by atoms with Crippen LogP contribution < -0.4 is 5.32 Å². The van der Waals surface area contributed by atoms with Crippen molar-refractivity contribution in [2.75, 3.05) is 20.3 Å². The van der Waals surface area contributed by atoms with Crippen LogP contribution >= 0.6 is 0 Å². The molecule has 0 aromatic heterocycles. The van der Waals surface area contributed by atoms with Crippen molar-refractivity contribution >= 4 is 0 Å². The van der Waals surface area contributed by atoms with Gasteiger partial charge < -0.3 is 15.2 Å². The number of nitrogens with one attached hydrogen (secondary N) is 1. The van der Waals surface area contributed by atoms with Crippen molar-refractivity contribution in [1.82, 2.24) is 5.32 Å². The summed E-state index contributed by atoms with van der Waals surface area (Å²) in [5, 5.41) is 12.8. The van der Waals surface area contributed by atoms with Gasteiger partial charge in [0.05, 0.1) is 6.61 Å². The lowest BCUT2D eigenvalue weighted by molar-refractivity contribution is 0.143. The molecule has 3 atom stereocenters. The molecule has 1 rings (SSSR count). The van der Waals surface area contributed by atoms with Gasteiger partial charge in [0, 0.05) is 25.8 Å². The first-order valence-electron chi connectivity index (χ1n) is 5.67. The van der Waals surface area contributed by atoms with Crippen LogP contribution in [-0.4, -0.2) is 37.5 Å². The Morgan fingerprint density at radius 3 is 2.86 bits per heavy atom. The Balaban J connectivity index is 2.32. The molecule has 0 radical (unpaired) electrons. The van der Waals surface area contributed by atoms with E-state index in [1.807, 2.05) is 0 Å². The molecule has 0 aromatic rings. The standard InChI is InChI=1S/C11H23NO2/c1-3-10(8-14-2)12-11-6-4-5-9(11)7-13/h9-13H,3-8H2,1-2H3. The first-order valence-corrected chi connectivity index (χ1v) is 5.67. The Hall–Kier alpha value is -0.120. The van der Waals surface area contributed by atoms with Crippen molar-refractivity contribution in [2.24, 2.45) is 5.92 Å². The summed E-state index contributed by atoms with van der Waals surface area (Å²) in [6.07, 6.45) is 4.69. The number of rotatable bonds is 6. The molecule has 1 aliphatic carbocycles. The highest BCUT2D eigenvalue weighted by molar-refractivity contribution is 4.85. The Morgan fingerprint density at radius 1 is 1.50 bits per heavy atom. The third kappa shape index (κ3) is 3.23. The fourth-order valence-corrected chi connectivity index (χ4v) is 2.26. The van der Waals surface area contributed by atoms with E-state index in [-0.39, 0.29) is 0 Å². The summed E-state index contributed by atoms with van der Waals surface area (Å²) < 4.78 is 5.15. The van der Waals surface area contributed by atoms with Gasteiger partial charge in [-0.2, -0.15) is 0 Å². The first-order chi connectivity index (χ1) is 6.81. The van der Waals surface area contributed by atoms with Crippen LogP contribution in [0.5, 0.6) is 0 Å². The average Bonchev–Trinajstić information content (AvgIpc) is 2.64. The zero-order valence-corrected chi connectivity index (χ0v) is 9.33. The third-order valence-electron chi connectivity index (χ3n) is 3.20. The highest BCUT2D eigenvalue weighted by Gasteiger charge is 2.27. The van der Waals surface area contributed by atoms with Crippen molar-refractivity contribution < 1.29 is 9.84 Å². The van der Waals surface area contributed by atoms with Crippen molar-refractivity contribution in [3.63, 3.8) is 0 Å². The quantitative estimate of drug-likeness (QED) is 0.677. The Labute approximate surface area is 86.8 Å². The third-order valence-corrected chi connectivity index (χ3v) is 3.20. The lowest BCUT2D eigenvalue weighted by Crippen LogP contribution is -2.43. The van der Waals surface area contributed by atoms with Gasteiger partial charge in [-0.25, -0.2) is 0 Å². The molecular formula is C11H23NO2. The van der Waals surface area contributed by atoms with E-state index in [0.29, 0.717) is 24.6 Å². The molecule has 3 unspecified atom stereocenters. The molecule has 84 valence electrons. The Morgan fingerprint density at radius 2 is 2.29 bits per heavy atom. The van der Waals surface area contributed by atoms with Gasteiger partial charge in [0.2, 0.25) is 0 Å². The van der Waals surface area contributed by atoms with Crippen molar-refractivity contribution in [3.05, 3.63) is 0 Å². The average molecular weight is 201 g/mol. The molecule has 0 aromatic carbocycles. The second-order valence-corrected chi connectivity index (χ2v) is 4.21. The van der Waals surface area contributed by atoms with Crippen LogP contribution in [0.2, 0.25) is 0 Å². The highest BCUT2D eigenvalue weighted by atomic mass is 16.5. The van der Waals surface area contributed by atoms with E-state index in [0.717, 1.165) is 19.4 Å². The molecule has 0 heterocycles. The van der Waals surface area contributed by atoms with Gasteiger partial charge in [-0.3, -0.25) is 0 Å². The van der Waals surface area contributed by atoms with Gasteiger partial charge in [0.25, 0.3) is 0 Å². The molecule has 0 aliphatic heterocycles. The minimum absolute atomic E-state index is 0.321. The van der Waals surface area contributed by atoms with Gasteiger partial charge in [-0.05, 0) is 25.2 Å². The van der Waals surface area contributed by atoms with Crippen molar-refractivity contribution in [1.29, 1.82) is 0 Å². The summed E-state index contributed by atoms with van der Waals surface area (Å²) in [4.78, 5) is 0. The second kappa shape index (κ2) is 6.38. The molecular weight excluding hydrogens is 178 g/mol. The van der Waals surface area contributed by atoms with Crippen LogP contribution in [0.25, 0.3) is 0 Å². The normalized spacial score (nSPS) is 29.4. The fraction of sp³-hybridized carbons (Fsp3) is 1.00. The number of aliphatic hydroxyl groups excluding tert-OH is 1. The summed E-state index contributed by atoms with van der Waals surface area (Å²) in [6, 6.07) is 0.942. The monoisotopic (exact) mass is 201 g/mol. The minimum Gasteiger partial charge on any atom is -0.396 e. The maximum atomic E-state index is 9.18. The van der Waals surface area contributed by atoms with Crippen LogP contribution in [-0.2, 0) is 4.74 Å². The molecule has 14 heavy (non-hydrogen) atoms. The molecule has 3 nitrogen and oxygen atoms in total. The van der Waals surface area contributed by atoms with Crippen LogP contribution in [0.1, 0.15) is 32.6 Å². The SMILES string of the molecule is CCC(COC)NC1CCCC1CO. The number of hydrogen-bond donors (Lipinski definition) is 2. The summed E-state index contributed by atoms with van der Waals surface area (Å²) in [5.41, 5.74) is 0. The maximum absolute atomic E-state index is 9.18. The van der Waals surface area contributed by atoms with Gasteiger partial charge >= 0.3 is 0 Å². The van der Waals surface area contributed by atoms with E-state index in [1.54, 1.807) is 7.11 Å². The smallest absolute Gasteiger partial charge is 0.0615 e. The zero-order valence-electron chi connectivity index (χ0n) is 9.33. The van der Waals surface area contributed by atoms with Crippen LogP contribution in [0.15, 0.2) is 0 Å².